The Bertz CT molecular complexity index is 790. The molecule has 0 aromatic heterocycles. The van der Waals surface area contributed by atoms with E-state index in [1.807, 2.05) is 0 Å². The van der Waals surface area contributed by atoms with Crippen LogP contribution in [0.4, 0.5) is 0 Å². The standard InChI is InChI=1S/C21H22Cl2O4/c1-2-3-4-5-8-13-26-20(24)16-9-6-7-10-17(16)21(25)27-15-11-12-18(22)19(23)14-15/h6-7,9-12,14H,2-5,8,13H2,1H3. The second-order valence-electron chi connectivity index (χ2n) is 6.06. The van der Waals surface area contributed by atoms with Gasteiger partial charge in [-0.3, -0.25) is 0 Å². The number of hydrogen-bond acceptors (Lipinski definition) is 4. The van der Waals surface area contributed by atoms with Crippen LogP contribution in [0.1, 0.15) is 59.7 Å². The highest BCUT2D eigenvalue weighted by molar-refractivity contribution is 6.42. The van der Waals surface area contributed by atoms with Crippen LogP contribution in [-0.4, -0.2) is 18.5 Å². The lowest BCUT2D eigenvalue weighted by molar-refractivity contribution is 0.0489. The first-order valence-electron chi connectivity index (χ1n) is 8.96. The normalized spacial score (nSPS) is 10.5. The maximum absolute atomic E-state index is 12.5. The van der Waals surface area contributed by atoms with Gasteiger partial charge in [0.1, 0.15) is 5.75 Å². The molecule has 2 rings (SSSR count). The van der Waals surface area contributed by atoms with Crippen molar-refractivity contribution in [2.45, 2.75) is 39.0 Å². The number of ether oxygens (including phenoxy) is 2. The van der Waals surface area contributed by atoms with Crippen molar-refractivity contribution >= 4 is 35.1 Å². The summed E-state index contributed by atoms with van der Waals surface area (Å²) in [6.07, 6.45) is 5.29. The quantitative estimate of drug-likeness (QED) is 0.276. The molecule has 0 aliphatic heterocycles. The highest BCUT2D eigenvalue weighted by Crippen LogP contribution is 2.27. The summed E-state index contributed by atoms with van der Waals surface area (Å²) < 4.78 is 10.6. The van der Waals surface area contributed by atoms with Gasteiger partial charge >= 0.3 is 11.9 Å². The fourth-order valence-corrected chi connectivity index (χ4v) is 2.78. The van der Waals surface area contributed by atoms with Crippen molar-refractivity contribution in [3.05, 3.63) is 63.6 Å². The molecule has 0 amide bonds. The van der Waals surface area contributed by atoms with E-state index in [-0.39, 0.29) is 21.9 Å². The molecule has 0 bridgehead atoms. The topological polar surface area (TPSA) is 52.6 Å². The van der Waals surface area contributed by atoms with E-state index in [9.17, 15) is 9.59 Å². The van der Waals surface area contributed by atoms with E-state index in [0.717, 1.165) is 25.7 Å². The third-order valence-corrected chi connectivity index (χ3v) is 4.69. The molecule has 144 valence electrons. The van der Waals surface area contributed by atoms with Gasteiger partial charge in [-0.2, -0.15) is 0 Å². The molecule has 0 N–H and O–H groups in total. The first-order valence-corrected chi connectivity index (χ1v) is 9.72. The number of esters is 2. The van der Waals surface area contributed by atoms with Crippen molar-refractivity contribution in [2.75, 3.05) is 6.61 Å². The van der Waals surface area contributed by atoms with Gasteiger partial charge in [0.25, 0.3) is 0 Å². The third kappa shape index (κ3) is 6.56. The van der Waals surface area contributed by atoms with Crippen molar-refractivity contribution in [1.29, 1.82) is 0 Å². The zero-order valence-electron chi connectivity index (χ0n) is 15.2. The van der Waals surface area contributed by atoms with Gasteiger partial charge in [0, 0.05) is 6.07 Å². The van der Waals surface area contributed by atoms with Gasteiger partial charge in [0.15, 0.2) is 0 Å². The predicted molar refractivity (Wildman–Crippen MR) is 107 cm³/mol. The molecule has 27 heavy (non-hydrogen) atoms. The van der Waals surface area contributed by atoms with Crippen molar-refractivity contribution in [3.63, 3.8) is 0 Å². The van der Waals surface area contributed by atoms with E-state index in [1.54, 1.807) is 18.2 Å². The van der Waals surface area contributed by atoms with Crippen molar-refractivity contribution in [2.24, 2.45) is 0 Å². The molecule has 0 saturated heterocycles. The molecule has 2 aromatic carbocycles. The molecule has 0 spiro atoms. The molecule has 0 fully saturated rings. The van der Waals surface area contributed by atoms with Crippen LogP contribution in [0.2, 0.25) is 10.0 Å². The number of hydrogen-bond donors (Lipinski definition) is 0. The van der Waals surface area contributed by atoms with E-state index >= 15 is 0 Å². The van der Waals surface area contributed by atoms with E-state index in [2.05, 4.69) is 6.92 Å². The molecule has 0 saturated carbocycles. The summed E-state index contributed by atoms with van der Waals surface area (Å²) in [5.41, 5.74) is 0.315. The Balaban J connectivity index is 2.00. The number of rotatable bonds is 9. The Morgan fingerprint density at radius 2 is 1.52 bits per heavy atom. The summed E-state index contributed by atoms with van der Waals surface area (Å²) in [6, 6.07) is 10.9. The largest absolute Gasteiger partial charge is 0.462 e. The first kappa shape index (κ1) is 21.3. The van der Waals surface area contributed by atoms with Crippen LogP contribution in [0, 0.1) is 0 Å². The lowest BCUT2D eigenvalue weighted by Crippen LogP contribution is -2.16. The van der Waals surface area contributed by atoms with Crippen LogP contribution in [0.5, 0.6) is 5.75 Å². The van der Waals surface area contributed by atoms with Gasteiger partial charge in [-0.05, 0) is 30.7 Å². The lowest BCUT2D eigenvalue weighted by Gasteiger charge is -2.10. The molecular weight excluding hydrogens is 387 g/mol. The minimum absolute atomic E-state index is 0.138. The molecule has 0 aliphatic carbocycles. The lowest BCUT2D eigenvalue weighted by atomic mass is 10.1. The molecule has 0 unspecified atom stereocenters. The molecule has 0 heterocycles. The fourth-order valence-electron chi connectivity index (χ4n) is 2.49. The van der Waals surface area contributed by atoms with Crippen LogP contribution in [0.3, 0.4) is 0 Å². The first-order chi connectivity index (χ1) is 13.0. The zero-order valence-corrected chi connectivity index (χ0v) is 16.7. The smallest absolute Gasteiger partial charge is 0.344 e. The highest BCUT2D eigenvalue weighted by atomic mass is 35.5. The summed E-state index contributed by atoms with van der Waals surface area (Å²) in [5, 5.41) is 0.636. The molecule has 4 nitrogen and oxygen atoms in total. The second-order valence-corrected chi connectivity index (χ2v) is 6.88. The van der Waals surface area contributed by atoms with E-state index in [0.29, 0.717) is 11.6 Å². The maximum atomic E-state index is 12.5. The molecule has 0 atom stereocenters. The summed E-state index contributed by atoms with van der Waals surface area (Å²) in [6.45, 7) is 2.48. The van der Waals surface area contributed by atoms with Crippen molar-refractivity contribution in [1.82, 2.24) is 0 Å². The van der Waals surface area contributed by atoms with Crippen LogP contribution < -0.4 is 4.74 Å². The highest BCUT2D eigenvalue weighted by Gasteiger charge is 2.19. The van der Waals surface area contributed by atoms with Crippen LogP contribution >= 0.6 is 23.2 Å². The zero-order chi connectivity index (χ0) is 19.6. The van der Waals surface area contributed by atoms with Crippen molar-refractivity contribution < 1.29 is 19.1 Å². The molecule has 0 radical (unpaired) electrons. The van der Waals surface area contributed by atoms with E-state index in [1.165, 1.54) is 30.7 Å². The maximum Gasteiger partial charge on any atom is 0.344 e. The third-order valence-electron chi connectivity index (χ3n) is 3.95. The molecule has 0 aliphatic rings. The molecular formula is C21H22Cl2O4. The van der Waals surface area contributed by atoms with Gasteiger partial charge in [0.05, 0.1) is 27.8 Å². The van der Waals surface area contributed by atoms with Gasteiger partial charge < -0.3 is 9.47 Å². The minimum Gasteiger partial charge on any atom is -0.462 e. The number of benzene rings is 2. The summed E-state index contributed by atoms with van der Waals surface area (Å²) in [4.78, 5) is 24.8. The number of carbonyl (C=O) groups is 2. The number of unbranched alkanes of at least 4 members (excludes halogenated alkanes) is 4. The van der Waals surface area contributed by atoms with E-state index < -0.39 is 11.9 Å². The summed E-state index contributed by atoms with van der Waals surface area (Å²) >= 11 is 11.8. The minimum atomic E-state index is -0.663. The average Bonchev–Trinajstić information content (AvgIpc) is 2.67. The van der Waals surface area contributed by atoms with Gasteiger partial charge in [-0.25, -0.2) is 9.59 Å². The van der Waals surface area contributed by atoms with Gasteiger partial charge in [-0.15, -0.1) is 0 Å². The fraction of sp³-hybridized carbons (Fsp3) is 0.333. The van der Waals surface area contributed by atoms with Crippen LogP contribution in [0.25, 0.3) is 0 Å². The Labute approximate surface area is 169 Å². The Hall–Kier alpha value is -2.04. The van der Waals surface area contributed by atoms with E-state index in [4.69, 9.17) is 32.7 Å². The summed E-state index contributed by atoms with van der Waals surface area (Å²) in [7, 11) is 0. The average molecular weight is 409 g/mol. The molecule has 2 aromatic rings. The Morgan fingerprint density at radius 1 is 0.852 bits per heavy atom. The summed E-state index contributed by atoms with van der Waals surface area (Å²) in [5.74, 6) is -0.954. The number of carbonyl (C=O) groups excluding carboxylic acids is 2. The number of halogens is 2. The monoisotopic (exact) mass is 408 g/mol. The Morgan fingerprint density at radius 3 is 2.19 bits per heavy atom. The van der Waals surface area contributed by atoms with Gasteiger partial charge in [0.2, 0.25) is 0 Å². The SMILES string of the molecule is CCCCCCCOC(=O)c1ccccc1C(=O)Oc1ccc(Cl)c(Cl)c1. The molecule has 6 heteroatoms. The Kier molecular flexibility index (Phi) is 8.62. The predicted octanol–water partition coefficient (Wildman–Crippen LogP) is 6.34. The second kappa shape index (κ2) is 11.0. The van der Waals surface area contributed by atoms with Crippen molar-refractivity contribution in [3.8, 4) is 5.75 Å². The van der Waals surface area contributed by atoms with Crippen LogP contribution in [0.15, 0.2) is 42.5 Å². The van der Waals surface area contributed by atoms with Gasteiger partial charge in [-0.1, -0.05) is 67.9 Å². The van der Waals surface area contributed by atoms with Crippen LogP contribution in [-0.2, 0) is 4.74 Å².